The van der Waals surface area contributed by atoms with Crippen LogP contribution in [0.5, 0.6) is 0 Å². The highest BCUT2D eigenvalue weighted by Crippen LogP contribution is 2.37. The van der Waals surface area contributed by atoms with Crippen molar-refractivity contribution < 1.29 is 4.74 Å². The van der Waals surface area contributed by atoms with Crippen molar-refractivity contribution in [1.82, 2.24) is 4.90 Å². The molecule has 3 nitrogen and oxygen atoms in total. The lowest BCUT2D eigenvalue weighted by Gasteiger charge is -2.40. The number of thiophene rings is 1. The Balaban J connectivity index is 2.28. The summed E-state index contributed by atoms with van der Waals surface area (Å²) >= 11 is 5.37. The maximum atomic E-state index is 5.80. The van der Waals surface area contributed by atoms with Crippen molar-refractivity contribution in [2.75, 3.05) is 26.2 Å². The van der Waals surface area contributed by atoms with Crippen LogP contribution in [0.4, 0.5) is 0 Å². The molecule has 90 valence electrons. The summed E-state index contributed by atoms with van der Waals surface area (Å²) in [4.78, 5) is 3.77. The number of morpholine rings is 1. The van der Waals surface area contributed by atoms with Crippen LogP contribution in [0.3, 0.4) is 0 Å². The second kappa shape index (κ2) is 5.60. The summed E-state index contributed by atoms with van der Waals surface area (Å²) in [6, 6.07) is 2.40. The molecule has 2 rings (SSSR count). The Morgan fingerprint density at radius 2 is 2.50 bits per heavy atom. The third-order valence-electron chi connectivity index (χ3n) is 3.01. The van der Waals surface area contributed by atoms with Crippen molar-refractivity contribution >= 4 is 27.3 Å². The molecule has 0 spiro atoms. The number of nitrogens with zero attached hydrogens (tertiary/aromatic N) is 1. The number of hydrogen-bond acceptors (Lipinski definition) is 4. The molecule has 1 aliphatic heterocycles. The molecule has 5 heteroatoms. The third kappa shape index (κ3) is 2.33. The SMILES string of the molecule is CCN1CCOC(CN)C1c1sccc1Br. The highest BCUT2D eigenvalue weighted by Gasteiger charge is 2.33. The molecule has 2 atom stereocenters. The fraction of sp³-hybridized carbons (Fsp3) is 0.636. The van der Waals surface area contributed by atoms with E-state index in [1.165, 1.54) is 9.35 Å². The van der Waals surface area contributed by atoms with Crippen LogP contribution < -0.4 is 5.73 Å². The molecule has 2 unspecified atom stereocenters. The number of halogens is 1. The molecule has 0 amide bonds. The van der Waals surface area contributed by atoms with Crippen molar-refractivity contribution in [3.05, 3.63) is 20.8 Å². The quantitative estimate of drug-likeness (QED) is 0.931. The number of rotatable bonds is 3. The van der Waals surface area contributed by atoms with E-state index >= 15 is 0 Å². The van der Waals surface area contributed by atoms with Crippen molar-refractivity contribution in [3.63, 3.8) is 0 Å². The average molecular weight is 305 g/mol. The van der Waals surface area contributed by atoms with Gasteiger partial charge in [0.05, 0.1) is 18.8 Å². The molecule has 2 N–H and O–H groups in total. The summed E-state index contributed by atoms with van der Waals surface area (Å²) in [7, 11) is 0. The van der Waals surface area contributed by atoms with E-state index in [4.69, 9.17) is 10.5 Å². The standard InChI is InChI=1S/C11H17BrN2OS/c1-2-14-4-5-15-9(7-13)10(14)11-8(12)3-6-16-11/h3,6,9-10H,2,4-5,7,13H2,1H3. The predicted molar refractivity (Wildman–Crippen MR) is 70.8 cm³/mol. The second-order valence-electron chi connectivity index (χ2n) is 3.85. The maximum Gasteiger partial charge on any atom is 0.0902 e. The molecule has 1 fully saturated rings. The molecular weight excluding hydrogens is 288 g/mol. The van der Waals surface area contributed by atoms with Gasteiger partial charge in [0.2, 0.25) is 0 Å². The highest BCUT2D eigenvalue weighted by molar-refractivity contribution is 9.10. The smallest absolute Gasteiger partial charge is 0.0902 e. The van der Waals surface area contributed by atoms with Crippen LogP contribution in [0.25, 0.3) is 0 Å². The van der Waals surface area contributed by atoms with Crippen LogP contribution >= 0.6 is 27.3 Å². The van der Waals surface area contributed by atoms with Gasteiger partial charge in [-0.2, -0.15) is 0 Å². The van der Waals surface area contributed by atoms with Crippen LogP contribution in [-0.2, 0) is 4.74 Å². The monoisotopic (exact) mass is 304 g/mol. The third-order valence-corrected chi connectivity index (χ3v) is 4.95. The van der Waals surface area contributed by atoms with E-state index in [0.717, 1.165) is 19.7 Å². The Kier molecular flexibility index (Phi) is 4.38. The molecule has 0 radical (unpaired) electrons. The van der Waals surface area contributed by atoms with E-state index in [2.05, 4.69) is 39.2 Å². The van der Waals surface area contributed by atoms with Gasteiger partial charge in [0.15, 0.2) is 0 Å². The molecule has 0 bridgehead atoms. The first-order valence-corrected chi connectivity index (χ1v) is 7.23. The van der Waals surface area contributed by atoms with Gasteiger partial charge in [0.1, 0.15) is 0 Å². The zero-order valence-electron chi connectivity index (χ0n) is 9.36. The Morgan fingerprint density at radius 1 is 1.69 bits per heavy atom. The van der Waals surface area contributed by atoms with Crippen molar-refractivity contribution in [1.29, 1.82) is 0 Å². The molecule has 16 heavy (non-hydrogen) atoms. The van der Waals surface area contributed by atoms with Gasteiger partial charge in [0.25, 0.3) is 0 Å². The molecule has 1 aromatic heterocycles. The van der Waals surface area contributed by atoms with E-state index < -0.39 is 0 Å². The molecule has 1 saturated heterocycles. The lowest BCUT2D eigenvalue weighted by molar-refractivity contribution is -0.0648. The normalized spacial score (nSPS) is 27.2. The molecule has 1 aliphatic rings. The van der Waals surface area contributed by atoms with Crippen molar-refractivity contribution in [3.8, 4) is 0 Å². The summed E-state index contributed by atoms with van der Waals surface area (Å²) in [6.45, 7) is 5.57. The topological polar surface area (TPSA) is 38.5 Å². The predicted octanol–water partition coefficient (Wildman–Crippen LogP) is 2.23. The Labute approximate surface area is 109 Å². The van der Waals surface area contributed by atoms with Gasteiger partial charge in [-0.1, -0.05) is 6.92 Å². The minimum absolute atomic E-state index is 0.114. The fourth-order valence-corrected chi connectivity index (χ4v) is 3.98. The van der Waals surface area contributed by atoms with Gasteiger partial charge < -0.3 is 10.5 Å². The summed E-state index contributed by atoms with van der Waals surface area (Å²) < 4.78 is 6.94. The number of likely N-dealkylation sites (N-methyl/N-ethyl adjacent to an activating group) is 1. The summed E-state index contributed by atoms with van der Waals surface area (Å²) in [6.07, 6.45) is 0.114. The Morgan fingerprint density at radius 3 is 3.06 bits per heavy atom. The van der Waals surface area contributed by atoms with Gasteiger partial charge in [0, 0.05) is 22.4 Å². The minimum atomic E-state index is 0.114. The van der Waals surface area contributed by atoms with Crippen molar-refractivity contribution in [2.24, 2.45) is 5.73 Å². The van der Waals surface area contributed by atoms with Crippen LogP contribution in [0, 0.1) is 0 Å². The van der Waals surface area contributed by atoms with Crippen LogP contribution in [0.15, 0.2) is 15.9 Å². The Bertz CT molecular complexity index is 332. The van der Waals surface area contributed by atoms with E-state index in [9.17, 15) is 0 Å². The minimum Gasteiger partial charge on any atom is -0.374 e. The van der Waals surface area contributed by atoms with Gasteiger partial charge in [-0.3, -0.25) is 4.90 Å². The zero-order valence-corrected chi connectivity index (χ0v) is 11.8. The lowest BCUT2D eigenvalue weighted by Crippen LogP contribution is -2.47. The highest BCUT2D eigenvalue weighted by atomic mass is 79.9. The molecular formula is C11H17BrN2OS. The van der Waals surface area contributed by atoms with E-state index in [1.807, 2.05) is 0 Å². The maximum absolute atomic E-state index is 5.80. The molecule has 0 saturated carbocycles. The van der Waals surface area contributed by atoms with E-state index in [1.54, 1.807) is 11.3 Å². The van der Waals surface area contributed by atoms with Gasteiger partial charge in [-0.05, 0) is 33.9 Å². The van der Waals surface area contributed by atoms with Crippen LogP contribution in [0.2, 0.25) is 0 Å². The second-order valence-corrected chi connectivity index (χ2v) is 5.65. The summed E-state index contributed by atoms with van der Waals surface area (Å²) in [5, 5.41) is 2.11. The van der Waals surface area contributed by atoms with Gasteiger partial charge >= 0.3 is 0 Å². The zero-order chi connectivity index (χ0) is 11.5. The first kappa shape index (κ1) is 12.5. The Hall–Kier alpha value is 0.0600. The average Bonchev–Trinajstić information content (AvgIpc) is 2.74. The van der Waals surface area contributed by atoms with Gasteiger partial charge in [-0.15, -0.1) is 11.3 Å². The molecule has 0 aliphatic carbocycles. The van der Waals surface area contributed by atoms with Crippen molar-refractivity contribution in [2.45, 2.75) is 19.1 Å². The lowest BCUT2D eigenvalue weighted by atomic mass is 10.1. The molecule has 1 aromatic rings. The summed E-state index contributed by atoms with van der Waals surface area (Å²) in [5.41, 5.74) is 5.80. The first-order chi connectivity index (χ1) is 7.77. The van der Waals surface area contributed by atoms with Crippen LogP contribution in [-0.4, -0.2) is 37.2 Å². The molecule has 2 heterocycles. The largest absolute Gasteiger partial charge is 0.374 e. The van der Waals surface area contributed by atoms with E-state index in [-0.39, 0.29) is 6.10 Å². The van der Waals surface area contributed by atoms with E-state index in [0.29, 0.717) is 12.6 Å². The molecule has 0 aromatic carbocycles. The summed E-state index contributed by atoms with van der Waals surface area (Å²) in [5.74, 6) is 0. The van der Waals surface area contributed by atoms with Gasteiger partial charge in [-0.25, -0.2) is 0 Å². The number of hydrogen-bond donors (Lipinski definition) is 1. The fourth-order valence-electron chi connectivity index (χ4n) is 2.19. The number of ether oxygens (including phenoxy) is 1. The number of nitrogens with two attached hydrogens (primary N) is 1. The first-order valence-electron chi connectivity index (χ1n) is 5.56. The van der Waals surface area contributed by atoms with Crippen LogP contribution in [0.1, 0.15) is 17.8 Å².